The molecule has 0 aliphatic carbocycles. The highest BCUT2D eigenvalue weighted by Gasteiger charge is 2.23. The summed E-state index contributed by atoms with van der Waals surface area (Å²) < 4.78 is 17.4. The minimum atomic E-state index is -0.412. The van der Waals surface area contributed by atoms with E-state index in [-0.39, 0.29) is 5.78 Å². The van der Waals surface area contributed by atoms with E-state index >= 15 is 0 Å². The van der Waals surface area contributed by atoms with Crippen LogP contribution in [0.3, 0.4) is 0 Å². The van der Waals surface area contributed by atoms with Crippen LogP contribution in [-0.2, 0) is 6.54 Å². The van der Waals surface area contributed by atoms with Crippen LogP contribution in [0.25, 0.3) is 11.8 Å². The Morgan fingerprint density at radius 1 is 1.27 bits per heavy atom. The molecule has 0 saturated carbocycles. The Balaban J connectivity index is 1.68. The number of rotatable bonds is 2. The maximum Gasteiger partial charge on any atom is 0.207 e. The first-order valence-corrected chi connectivity index (χ1v) is 6.77. The molecule has 0 bridgehead atoms. The van der Waals surface area contributed by atoms with Gasteiger partial charge in [0.2, 0.25) is 5.78 Å². The molecule has 1 aromatic carbocycles. The van der Waals surface area contributed by atoms with Crippen molar-refractivity contribution in [3.8, 4) is 5.69 Å². The molecule has 0 radical (unpaired) electrons. The quantitative estimate of drug-likeness (QED) is 0.682. The molecular formula is C16H11FN4O. The van der Waals surface area contributed by atoms with E-state index in [1.54, 1.807) is 24.3 Å². The third-order valence-corrected chi connectivity index (χ3v) is 3.67. The number of carbonyl (C=O) groups is 1. The number of halogens is 1. The standard InChI is InChI=1S/C16H11FN4O/c17-13-7-11(3-4-14(13)21-10-18-9-19-21)6-12-8-20-5-1-2-15(20)16(12)22/h1-7,9-10H,8H2/b12-6+. The second-order valence-electron chi connectivity index (χ2n) is 5.07. The SMILES string of the molecule is O=C1/C(=C/c2ccc(-n3cncn3)c(F)c2)Cn2cccc21. The van der Waals surface area contributed by atoms with E-state index in [1.165, 1.54) is 23.4 Å². The van der Waals surface area contributed by atoms with Gasteiger partial charge in [-0.2, -0.15) is 5.10 Å². The van der Waals surface area contributed by atoms with Gasteiger partial charge in [0.15, 0.2) is 0 Å². The molecule has 0 spiro atoms. The van der Waals surface area contributed by atoms with Crippen LogP contribution in [0, 0.1) is 5.82 Å². The minimum Gasteiger partial charge on any atom is -0.340 e. The fraction of sp³-hybridized carbons (Fsp3) is 0.0625. The molecule has 0 N–H and O–H groups in total. The van der Waals surface area contributed by atoms with Crippen molar-refractivity contribution < 1.29 is 9.18 Å². The van der Waals surface area contributed by atoms with E-state index < -0.39 is 5.82 Å². The monoisotopic (exact) mass is 294 g/mol. The first kappa shape index (κ1) is 12.7. The summed E-state index contributed by atoms with van der Waals surface area (Å²) in [5.41, 5.74) is 2.30. The smallest absolute Gasteiger partial charge is 0.207 e. The lowest BCUT2D eigenvalue weighted by atomic mass is 10.1. The predicted octanol–water partition coefficient (Wildman–Crippen LogP) is 2.49. The molecule has 6 heteroatoms. The highest BCUT2D eigenvalue weighted by Crippen LogP contribution is 2.23. The Hall–Kier alpha value is -3.02. The van der Waals surface area contributed by atoms with E-state index in [0.29, 0.717) is 29.1 Å². The molecule has 0 saturated heterocycles. The lowest BCUT2D eigenvalue weighted by molar-refractivity contribution is 0.103. The molecule has 3 heterocycles. The number of hydrogen-bond donors (Lipinski definition) is 0. The van der Waals surface area contributed by atoms with Crippen LogP contribution in [0.15, 0.2) is 54.8 Å². The van der Waals surface area contributed by atoms with Gasteiger partial charge in [-0.25, -0.2) is 14.1 Å². The predicted molar refractivity (Wildman–Crippen MR) is 78.1 cm³/mol. The zero-order valence-corrected chi connectivity index (χ0v) is 11.5. The first-order chi connectivity index (χ1) is 10.7. The highest BCUT2D eigenvalue weighted by atomic mass is 19.1. The highest BCUT2D eigenvalue weighted by molar-refractivity contribution is 6.12. The number of fused-ring (bicyclic) bond motifs is 1. The van der Waals surface area contributed by atoms with Gasteiger partial charge in [0.25, 0.3) is 0 Å². The lowest BCUT2D eigenvalue weighted by Gasteiger charge is -2.04. The van der Waals surface area contributed by atoms with Crippen LogP contribution in [0.2, 0.25) is 0 Å². The van der Waals surface area contributed by atoms with Crippen molar-refractivity contribution in [2.45, 2.75) is 6.54 Å². The summed E-state index contributed by atoms with van der Waals surface area (Å²) in [5, 5.41) is 3.91. The van der Waals surface area contributed by atoms with E-state index in [0.717, 1.165) is 0 Å². The molecule has 0 unspecified atom stereocenters. The fourth-order valence-corrected chi connectivity index (χ4v) is 2.62. The summed E-state index contributed by atoms with van der Waals surface area (Å²) in [6.45, 7) is 0.521. The van der Waals surface area contributed by atoms with E-state index in [9.17, 15) is 9.18 Å². The summed E-state index contributed by atoms with van der Waals surface area (Å²) in [6, 6.07) is 8.41. The molecular weight excluding hydrogens is 283 g/mol. The van der Waals surface area contributed by atoms with Crippen molar-refractivity contribution in [2.24, 2.45) is 0 Å². The van der Waals surface area contributed by atoms with Crippen LogP contribution >= 0.6 is 0 Å². The molecule has 108 valence electrons. The summed E-state index contributed by atoms with van der Waals surface area (Å²) in [5.74, 6) is -0.421. The van der Waals surface area contributed by atoms with Gasteiger partial charge in [-0.05, 0) is 35.9 Å². The number of benzene rings is 1. The van der Waals surface area contributed by atoms with Gasteiger partial charge >= 0.3 is 0 Å². The molecule has 1 aliphatic heterocycles. The maximum absolute atomic E-state index is 14.2. The summed E-state index contributed by atoms with van der Waals surface area (Å²) in [6.07, 6.45) is 6.37. The number of hydrogen-bond acceptors (Lipinski definition) is 3. The zero-order valence-electron chi connectivity index (χ0n) is 11.5. The average molecular weight is 294 g/mol. The molecule has 0 amide bonds. The third kappa shape index (κ3) is 1.96. The van der Waals surface area contributed by atoms with Crippen LogP contribution in [0.4, 0.5) is 4.39 Å². The molecule has 4 rings (SSSR count). The Kier molecular flexibility index (Phi) is 2.75. The number of aromatic nitrogens is 4. The Bertz CT molecular complexity index is 893. The average Bonchev–Trinajstić information content (AvgIpc) is 3.20. The van der Waals surface area contributed by atoms with E-state index in [2.05, 4.69) is 10.1 Å². The largest absolute Gasteiger partial charge is 0.340 e. The Morgan fingerprint density at radius 2 is 2.18 bits per heavy atom. The second kappa shape index (κ2) is 4.77. The maximum atomic E-state index is 14.2. The van der Waals surface area contributed by atoms with E-state index in [4.69, 9.17) is 0 Å². The topological polar surface area (TPSA) is 52.7 Å². The zero-order chi connectivity index (χ0) is 15.1. The van der Waals surface area contributed by atoms with Crippen molar-refractivity contribution in [3.63, 3.8) is 0 Å². The van der Waals surface area contributed by atoms with Crippen molar-refractivity contribution in [2.75, 3.05) is 0 Å². The molecule has 1 aliphatic rings. The number of ketones is 1. The second-order valence-corrected chi connectivity index (χ2v) is 5.07. The normalized spacial score (nSPS) is 15.5. The first-order valence-electron chi connectivity index (χ1n) is 6.77. The van der Waals surface area contributed by atoms with Crippen LogP contribution < -0.4 is 0 Å². The molecule has 3 aromatic rings. The van der Waals surface area contributed by atoms with Crippen molar-refractivity contribution in [3.05, 3.63) is 71.8 Å². The lowest BCUT2D eigenvalue weighted by Crippen LogP contribution is -1.99. The molecule has 0 fully saturated rings. The van der Waals surface area contributed by atoms with Gasteiger partial charge in [-0.3, -0.25) is 4.79 Å². The number of nitrogens with zero attached hydrogens (tertiary/aromatic N) is 4. The van der Waals surface area contributed by atoms with Gasteiger partial charge < -0.3 is 4.57 Å². The number of carbonyl (C=O) groups excluding carboxylic acids is 1. The van der Waals surface area contributed by atoms with Gasteiger partial charge in [0.1, 0.15) is 24.2 Å². The Labute approximate surface area is 125 Å². The van der Waals surface area contributed by atoms with Gasteiger partial charge in [-0.15, -0.1) is 0 Å². The summed E-state index contributed by atoms with van der Waals surface area (Å²) >= 11 is 0. The van der Waals surface area contributed by atoms with E-state index in [1.807, 2.05) is 16.8 Å². The number of allylic oxidation sites excluding steroid dienone is 1. The van der Waals surface area contributed by atoms with Crippen molar-refractivity contribution >= 4 is 11.9 Å². The molecule has 2 aromatic heterocycles. The summed E-state index contributed by atoms with van der Waals surface area (Å²) in [4.78, 5) is 16.0. The van der Waals surface area contributed by atoms with Crippen LogP contribution in [-0.4, -0.2) is 25.1 Å². The Morgan fingerprint density at radius 3 is 2.91 bits per heavy atom. The third-order valence-electron chi connectivity index (χ3n) is 3.67. The summed E-state index contributed by atoms with van der Waals surface area (Å²) in [7, 11) is 0. The number of Topliss-reactive ketones (excluding diaryl/α,β-unsaturated/α-hetero) is 1. The van der Waals surface area contributed by atoms with Gasteiger partial charge in [0.05, 0.1) is 12.2 Å². The minimum absolute atomic E-state index is 0.00855. The van der Waals surface area contributed by atoms with Crippen LogP contribution in [0.5, 0.6) is 0 Å². The van der Waals surface area contributed by atoms with Gasteiger partial charge in [-0.1, -0.05) is 6.07 Å². The fourth-order valence-electron chi connectivity index (χ4n) is 2.62. The van der Waals surface area contributed by atoms with Crippen molar-refractivity contribution in [1.82, 2.24) is 19.3 Å². The van der Waals surface area contributed by atoms with Crippen molar-refractivity contribution in [1.29, 1.82) is 0 Å². The van der Waals surface area contributed by atoms with Gasteiger partial charge in [0, 0.05) is 11.8 Å². The molecule has 22 heavy (non-hydrogen) atoms. The molecule has 0 atom stereocenters. The molecule has 5 nitrogen and oxygen atoms in total. The van der Waals surface area contributed by atoms with Crippen LogP contribution in [0.1, 0.15) is 16.1 Å².